The molecule has 0 saturated heterocycles. The number of nitriles is 1. The number of nitrogens with zero attached hydrogens (tertiary/aromatic N) is 4. The maximum absolute atomic E-state index is 11.3. The summed E-state index contributed by atoms with van der Waals surface area (Å²) >= 11 is 0. The van der Waals surface area contributed by atoms with Crippen LogP contribution in [-0.4, -0.2) is 20.7 Å². The molecule has 0 spiro atoms. The molecule has 0 aliphatic carbocycles. The Bertz CT molecular complexity index is 1070. The molecule has 0 saturated carbocycles. The van der Waals surface area contributed by atoms with Gasteiger partial charge in [0.1, 0.15) is 17.5 Å². The van der Waals surface area contributed by atoms with E-state index in [0.29, 0.717) is 22.4 Å². The maximum atomic E-state index is 11.3. The number of amides is 1. The monoisotopic (exact) mass is 360 g/mol. The molecular weight excluding hydrogens is 340 g/mol. The van der Waals surface area contributed by atoms with Crippen molar-refractivity contribution in [2.45, 2.75) is 27.3 Å². The second kappa shape index (κ2) is 6.92. The van der Waals surface area contributed by atoms with Gasteiger partial charge >= 0.3 is 0 Å². The highest BCUT2D eigenvalue weighted by Crippen LogP contribution is 2.33. The first-order valence-corrected chi connectivity index (χ1v) is 8.52. The molecule has 0 atom stereocenters. The summed E-state index contributed by atoms with van der Waals surface area (Å²) in [6, 6.07) is 10.7. The molecule has 1 aromatic carbocycles. The van der Waals surface area contributed by atoms with Gasteiger partial charge in [0.2, 0.25) is 5.91 Å². The van der Waals surface area contributed by atoms with Gasteiger partial charge in [-0.2, -0.15) is 10.4 Å². The molecular formula is C20H20N6O. The van der Waals surface area contributed by atoms with Crippen molar-refractivity contribution in [3.8, 4) is 28.5 Å². The van der Waals surface area contributed by atoms with Crippen LogP contribution in [0.15, 0.2) is 30.3 Å². The van der Waals surface area contributed by atoms with Crippen LogP contribution >= 0.6 is 0 Å². The first-order valence-electron chi connectivity index (χ1n) is 8.52. The highest BCUT2D eigenvalue weighted by molar-refractivity contribution is 5.93. The highest BCUT2D eigenvalue weighted by atomic mass is 16.1. The number of primary amides is 1. The molecule has 7 nitrogen and oxygen atoms in total. The Morgan fingerprint density at radius 3 is 2.44 bits per heavy atom. The normalized spacial score (nSPS) is 10.6. The van der Waals surface area contributed by atoms with Crippen LogP contribution in [0.1, 0.15) is 34.2 Å². The van der Waals surface area contributed by atoms with Gasteiger partial charge in [-0.05, 0) is 44.5 Å². The van der Waals surface area contributed by atoms with Crippen LogP contribution in [0.3, 0.4) is 0 Å². The number of benzene rings is 1. The third kappa shape index (κ3) is 3.13. The number of nitrogen functional groups attached to an aromatic ring is 1. The van der Waals surface area contributed by atoms with Gasteiger partial charge in [0.25, 0.3) is 0 Å². The SMILES string of the molecule is CCn1nc(C)c(-c2cc(-c3ccc(C(N)=O)cc3)c(C#N)c(N)n2)c1C. The summed E-state index contributed by atoms with van der Waals surface area (Å²) in [7, 11) is 0. The minimum absolute atomic E-state index is 0.159. The first-order chi connectivity index (χ1) is 12.9. The van der Waals surface area contributed by atoms with E-state index in [1.54, 1.807) is 24.3 Å². The average molecular weight is 360 g/mol. The summed E-state index contributed by atoms with van der Waals surface area (Å²) in [5, 5.41) is 14.1. The number of rotatable bonds is 4. The van der Waals surface area contributed by atoms with Gasteiger partial charge in [0, 0.05) is 28.9 Å². The lowest BCUT2D eigenvalue weighted by molar-refractivity contribution is 0.100. The van der Waals surface area contributed by atoms with Crippen LogP contribution in [0.25, 0.3) is 22.4 Å². The topological polar surface area (TPSA) is 124 Å². The number of anilines is 1. The van der Waals surface area contributed by atoms with Gasteiger partial charge in [-0.1, -0.05) is 12.1 Å². The van der Waals surface area contributed by atoms with Gasteiger partial charge in [-0.25, -0.2) is 4.98 Å². The number of hydrogen-bond donors (Lipinski definition) is 2. The molecule has 0 fully saturated rings. The zero-order valence-corrected chi connectivity index (χ0v) is 15.4. The van der Waals surface area contributed by atoms with Crippen LogP contribution in [0.5, 0.6) is 0 Å². The van der Waals surface area contributed by atoms with Crippen molar-refractivity contribution in [2.24, 2.45) is 5.73 Å². The molecule has 2 heterocycles. The Hall–Kier alpha value is -3.66. The predicted octanol–water partition coefficient (Wildman–Crippen LogP) is 2.80. The van der Waals surface area contributed by atoms with E-state index < -0.39 is 5.91 Å². The van der Waals surface area contributed by atoms with Crippen molar-refractivity contribution in [3.63, 3.8) is 0 Å². The largest absolute Gasteiger partial charge is 0.383 e. The molecule has 0 bridgehead atoms. The molecule has 27 heavy (non-hydrogen) atoms. The Kier molecular flexibility index (Phi) is 4.65. The molecule has 7 heteroatoms. The van der Waals surface area contributed by atoms with E-state index in [1.807, 2.05) is 31.5 Å². The Balaban J connectivity index is 2.22. The summed E-state index contributed by atoms with van der Waals surface area (Å²) in [4.78, 5) is 15.7. The standard InChI is InChI=1S/C20H20N6O/c1-4-26-12(3)18(11(2)25-26)17-9-15(16(10-21)19(22)24-17)13-5-7-14(8-6-13)20(23)27/h5-9H,4H2,1-3H3,(H2,22,24)(H2,23,27). The molecule has 1 amide bonds. The number of aromatic nitrogens is 3. The van der Waals surface area contributed by atoms with Gasteiger partial charge in [-0.15, -0.1) is 0 Å². The number of carbonyl (C=O) groups excluding carboxylic acids is 1. The van der Waals surface area contributed by atoms with Crippen molar-refractivity contribution < 1.29 is 4.79 Å². The van der Waals surface area contributed by atoms with Crippen LogP contribution in [0.2, 0.25) is 0 Å². The van der Waals surface area contributed by atoms with Crippen LogP contribution < -0.4 is 11.5 Å². The minimum Gasteiger partial charge on any atom is -0.383 e. The second-order valence-corrected chi connectivity index (χ2v) is 6.23. The van der Waals surface area contributed by atoms with E-state index >= 15 is 0 Å². The third-order valence-electron chi connectivity index (χ3n) is 4.58. The molecule has 0 aliphatic heterocycles. The van der Waals surface area contributed by atoms with Crippen molar-refractivity contribution in [3.05, 3.63) is 52.8 Å². The first kappa shape index (κ1) is 18.1. The van der Waals surface area contributed by atoms with Gasteiger partial charge in [-0.3, -0.25) is 9.48 Å². The molecule has 4 N–H and O–H groups in total. The fraction of sp³-hybridized carbons (Fsp3) is 0.200. The zero-order chi connectivity index (χ0) is 19.7. The van der Waals surface area contributed by atoms with E-state index in [9.17, 15) is 10.1 Å². The Morgan fingerprint density at radius 2 is 1.93 bits per heavy atom. The number of pyridine rings is 1. The molecule has 0 unspecified atom stereocenters. The summed E-state index contributed by atoms with van der Waals surface area (Å²) in [6.45, 7) is 6.68. The number of carbonyl (C=O) groups is 1. The van der Waals surface area contributed by atoms with Gasteiger partial charge in [0.05, 0.1) is 11.4 Å². The fourth-order valence-electron chi connectivity index (χ4n) is 3.23. The molecule has 3 aromatic rings. The quantitative estimate of drug-likeness (QED) is 0.740. The van der Waals surface area contributed by atoms with Crippen LogP contribution in [-0.2, 0) is 6.54 Å². The van der Waals surface area contributed by atoms with E-state index in [4.69, 9.17) is 11.5 Å². The van der Waals surface area contributed by atoms with E-state index in [1.165, 1.54) is 0 Å². The Morgan fingerprint density at radius 1 is 1.26 bits per heavy atom. The lowest BCUT2D eigenvalue weighted by Gasteiger charge is -2.11. The van der Waals surface area contributed by atoms with Gasteiger partial charge < -0.3 is 11.5 Å². The van der Waals surface area contributed by atoms with Crippen LogP contribution in [0, 0.1) is 25.2 Å². The van der Waals surface area contributed by atoms with Crippen LogP contribution in [0.4, 0.5) is 5.82 Å². The smallest absolute Gasteiger partial charge is 0.248 e. The molecule has 136 valence electrons. The summed E-state index contributed by atoms with van der Waals surface area (Å²) in [5.41, 5.74) is 16.9. The zero-order valence-electron chi connectivity index (χ0n) is 15.4. The van der Waals surface area contributed by atoms with Crippen molar-refractivity contribution in [1.82, 2.24) is 14.8 Å². The summed E-state index contributed by atoms with van der Waals surface area (Å²) < 4.78 is 1.90. The fourth-order valence-corrected chi connectivity index (χ4v) is 3.23. The third-order valence-corrected chi connectivity index (χ3v) is 4.58. The molecule has 0 aliphatic rings. The van der Waals surface area contributed by atoms with E-state index in [0.717, 1.165) is 29.1 Å². The molecule has 3 rings (SSSR count). The maximum Gasteiger partial charge on any atom is 0.248 e. The van der Waals surface area contributed by atoms with Crippen molar-refractivity contribution in [1.29, 1.82) is 5.26 Å². The number of hydrogen-bond acceptors (Lipinski definition) is 5. The average Bonchev–Trinajstić information content (AvgIpc) is 2.94. The lowest BCUT2D eigenvalue weighted by atomic mass is 9.97. The lowest BCUT2D eigenvalue weighted by Crippen LogP contribution is -2.10. The predicted molar refractivity (Wildman–Crippen MR) is 104 cm³/mol. The molecule has 2 aromatic heterocycles. The molecule has 0 radical (unpaired) electrons. The summed E-state index contributed by atoms with van der Waals surface area (Å²) in [6.07, 6.45) is 0. The van der Waals surface area contributed by atoms with E-state index in [2.05, 4.69) is 16.2 Å². The second-order valence-electron chi connectivity index (χ2n) is 6.23. The van der Waals surface area contributed by atoms with Gasteiger partial charge in [0.15, 0.2) is 0 Å². The van der Waals surface area contributed by atoms with E-state index in [-0.39, 0.29) is 5.82 Å². The Labute approximate surface area is 157 Å². The highest BCUT2D eigenvalue weighted by Gasteiger charge is 2.19. The minimum atomic E-state index is -0.504. The van der Waals surface area contributed by atoms with Crippen molar-refractivity contribution in [2.75, 3.05) is 5.73 Å². The number of aryl methyl sites for hydroxylation is 2. The van der Waals surface area contributed by atoms with Crippen molar-refractivity contribution >= 4 is 11.7 Å². The summed E-state index contributed by atoms with van der Waals surface area (Å²) in [5.74, 6) is -0.345. The number of nitrogens with two attached hydrogens (primary N) is 2.